The molecule has 0 spiro atoms. The van der Waals surface area contributed by atoms with Crippen LogP contribution in [0.5, 0.6) is 5.75 Å². The number of aromatic nitrogens is 2. The molecule has 0 aliphatic heterocycles. The van der Waals surface area contributed by atoms with Crippen LogP contribution >= 0.6 is 15.9 Å². The molecule has 5 heteroatoms. The van der Waals surface area contributed by atoms with E-state index in [0.29, 0.717) is 0 Å². The van der Waals surface area contributed by atoms with E-state index in [2.05, 4.69) is 51.5 Å². The van der Waals surface area contributed by atoms with Crippen LogP contribution in [-0.2, 0) is 13.5 Å². The van der Waals surface area contributed by atoms with Gasteiger partial charge in [-0.1, -0.05) is 28.9 Å². The lowest BCUT2D eigenvalue weighted by atomic mass is 10.0. The van der Waals surface area contributed by atoms with Crippen LogP contribution in [0.2, 0.25) is 0 Å². The number of rotatable bonds is 6. The van der Waals surface area contributed by atoms with E-state index in [1.807, 2.05) is 24.7 Å². The van der Waals surface area contributed by atoms with Crippen LogP contribution in [-0.4, -0.2) is 23.4 Å². The first-order valence-corrected chi connectivity index (χ1v) is 7.90. The van der Waals surface area contributed by atoms with E-state index in [4.69, 9.17) is 4.74 Å². The average Bonchev–Trinajstić information content (AvgIpc) is 2.76. The number of nitrogens with one attached hydrogen (secondary N) is 1. The van der Waals surface area contributed by atoms with Gasteiger partial charge in [-0.3, -0.25) is 4.68 Å². The van der Waals surface area contributed by atoms with Crippen molar-refractivity contribution in [2.45, 2.75) is 26.3 Å². The van der Waals surface area contributed by atoms with E-state index < -0.39 is 0 Å². The number of benzene rings is 1. The summed E-state index contributed by atoms with van der Waals surface area (Å²) in [6.45, 7) is 5.04. The molecule has 1 aromatic carbocycles. The lowest BCUT2D eigenvalue weighted by molar-refractivity contribution is 0.398. The Morgan fingerprint density at radius 2 is 2.14 bits per heavy atom. The predicted molar refractivity (Wildman–Crippen MR) is 88.8 cm³/mol. The minimum Gasteiger partial charge on any atom is -0.496 e. The molecule has 114 valence electrons. The number of likely N-dealkylation sites (N-methyl/N-ethyl adjacent to an activating group) is 1. The second-order valence-electron chi connectivity index (χ2n) is 5.10. The highest BCUT2D eigenvalue weighted by atomic mass is 79.9. The van der Waals surface area contributed by atoms with Crippen LogP contribution in [0.4, 0.5) is 0 Å². The predicted octanol–water partition coefficient (Wildman–Crippen LogP) is 3.39. The van der Waals surface area contributed by atoms with Gasteiger partial charge >= 0.3 is 0 Å². The maximum atomic E-state index is 5.53. The topological polar surface area (TPSA) is 39.1 Å². The molecule has 1 N–H and O–H groups in total. The lowest BCUT2D eigenvalue weighted by Gasteiger charge is -2.21. The standard InChI is InChI=1S/C16H22BrN3O/c1-5-18-15(10-13-8-11(2)19-20(13)3)14-7-6-12(17)9-16(14)21-4/h6-9,15,18H,5,10H2,1-4H3. The number of nitrogens with zero attached hydrogens (tertiary/aromatic N) is 2. The zero-order chi connectivity index (χ0) is 15.4. The molecule has 1 atom stereocenters. The summed E-state index contributed by atoms with van der Waals surface area (Å²) >= 11 is 3.49. The van der Waals surface area contributed by atoms with Crippen molar-refractivity contribution >= 4 is 15.9 Å². The summed E-state index contributed by atoms with van der Waals surface area (Å²) in [5.41, 5.74) is 3.43. The van der Waals surface area contributed by atoms with E-state index in [1.165, 1.54) is 11.3 Å². The Bertz CT molecular complexity index is 610. The van der Waals surface area contributed by atoms with Gasteiger partial charge in [0.25, 0.3) is 0 Å². The molecular weight excluding hydrogens is 330 g/mol. The van der Waals surface area contributed by atoms with Gasteiger partial charge in [-0.25, -0.2) is 0 Å². The molecule has 0 saturated heterocycles. The minimum absolute atomic E-state index is 0.202. The first-order chi connectivity index (χ1) is 10.0. The van der Waals surface area contributed by atoms with Gasteiger partial charge in [0.1, 0.15) is 5.75 Å². The maximum Gasteiger partial charge on any atom is 0.124 e. The smallest absolute Gasteiger partial charge is 0.124 e. The van der Waals surface area contributed by atoms with Gasteiger partial charge in [-0.2, -0.15) is 5.10 Å². The summed E-state index contributed by atoms with van der Waals surface area (Å²) in [5, 5.41) is 7.97. The molecule has 21 heavy (non-hydrogen) atoms. The summed E-state index contributed by atoms with van der Waals surface area (Å²) < 4.78 is 8.51. The van der Waals surface area contributed by atoms with Crippen LogP contribution in [0.15, 0.2) is 28.7 Å². The second kappa shape index (κ2) is 7.09. The Morgan fingerprint density at radius 3 is 2.71 bits per heavy atom. The number of methoxy groups -OCH3 is 1. The van der Waals surface area contributed by atoms with Crippen LogP contribution in [0, 0.1) is 6.92 Å². The van der Waals surface area contributed by atoms with Crippen molar-refractivity contribution in [2.24, 2.45) is 7.05 Å². The number of halogens is 1. The van der Waals surface area contributed by atoms with Crippen molar-refractivity contribution in [3.63, 3.8) is 0 Å². The Kier molecular flexibility index (Phi) is 5.42. The van der Waals surface area contributed by atoms with Crippen LogP contribution in [0.25, 0.3) is 0 Å². The van der Waals surface area contributed by atoms with E-state index in [9.17, 15) is 0 Å². The minimum atomic E-state index is 0.202. The van der Waals surface area contributed by atoms with Gasteiger partial charge in [0.05, 0.1) is 12.8 Å². The van der Waals surface area contributed by atoms with E-state index in [1.54, 1.807) is 7.11 Å². The molecule has 1 heterocycles. The van der Waals surface area contributed by atoms with Gasteiger partial charge in [-0.05, 0) is 31.7 Å². The molecule has 0 amide bonds. The largest absolute Gasteiger partial charge is 0.496 e. The van der Waals surface area contributed by atoms with Gasteiger partial charge < -0.3 is 10.1 Å². The zero-order valence-corrected chi connectivity index (χ0v) is 14.6. The molecule has 1 aromatic heterocycles. The number of hydrogen-bond donors (Lipinski definition) is 1. The van der Waals surface area contributed by atoms with E-state index >= 15 is 0 Å². The maximum absolute atomic E-state index is 5.53. The Balaban J connectivity index is 2.32. The molecular formula is C16H22BrN3O. The van der Waals surface area contributed by atoms with Crippen molar-refractivity contribution in [2.75, 3.05) is 13.7 Å². The molecule has 1 unspecified atom stereocenters. The Hall–Kier alpha value is -1.33. The van der Waals surface area contributed by atoms with Crippen LogP contribution < -0.4 is 10.1 Å². The summed E-state index contributed by atoms with van der Waals surface area (Å²) in [6, 6.07) is 8.51. The summed E-state index contributed by atoms with van der Waals surface area (Å²) in [7, 11) is 3.70. The highest BCUT2D eigenvalue weighted by molar-refractivity contribution is 9.10. The number of hydrogen-bond acceptors (Lipinski definition) is 3. The summed E-state index contributed by atoms with van der Waals surface area (Å²) in [4.78, 5) is 0. The zero-order valence-electron chi connectivity index (χ0n) is 13.0. The lowest BCUT2D eigenvalue weighted by Crippen LogP contribution is -2.24. The molecule has 0 fully saturated rings. The molecule has 2 rings (SSSR count). The fourth-order valence-electron chi connectivity index (χ4n) is 2.58. The van der Waals surface area contributed by atoms with Crippen molar-refractivity contribution in [1.29, 1.82) is 0 Å². The first kappa shape index (κ1) is 16.0. The SMILES string of the molecule is CCNC(Cc1cc(C)nn1C)c1ccc(Br)cc1OC. The van der Waals surface area contributed by atoms with Crippen LogP contribution in [0.3, 0.4) is 0 Å². The fraction of sp³-hybridized carbons (Fsp3) is 0.438. The molecule has 0 radical (unpaired) electrons. The van der Waals surface area contributed by atoms with E-state index in [-0.39, 0.29) is 6.04 Å². The van der Waals surface area contributed by atoms with Crippen molar-refractivity contribution < 1.29 is 4.74 Å². The Labute approximate surface area is 134 Å². The number of ether oxygens (including phenoxy) is 1. The third kappa shape index (κ3) is 3.86. The van der Waals surface area contributed by atoms with Crippen LogP contribution in [0.1, 0.15) is 29.9 Å². The molecule has 0 bridgehead atoms. The fourth-order valence-corrected chi connectivity index (χ4v) is 2.92. The average molecular weight is 352 g/mol. The molecule has 2 aromatic rings. The van der Waals surface area contributed by atoms with E-state index in [0.717, 1.165) is 28.9 Å². The molecule has 0 aliphatic carbocycles. The van der Waals surface area contributed by atoms with Gasteiger partial charge in [0, 0.05) is 35.2 Å². The highest BCUT2D eigenvalue weighted by Gasteiger charge is 2.18. The quantitative estimate of drug-likeness (QED) is 0.866. The van der Waals surface area contributed by atoms with Gasteiger partial charge in [0.2, 0.25) is 0 Å². The normalized spacial score (nSPS) is 12.4. The second-order valence-corrected chi connectivity index (χ2v) is 6.02. The summed E-state index contributed by atoms with van der Waals surface area (Å²) in [6.07, 6.45) is 0.878. The highest BCUT2D eigenvalue weighted by Crippen LogP contribution is 2.30. The van der Waals surface area contributed by atoms with Gasteiger partial charge in [0.15, 0.2) is 0 Å². The van der Waals surface area contributed by atoms with Gasteiger partial charge in [-0.15, -0.1) is 0 Å². The van der Waals surface area contributed by atoms with Crippen molar-refractivity contribution in [1.82, 2.24) is 15.1 Å². The number of aryl methyl sites for hydroxylation is 2. The summed E-state index contributed by atoms with van der Waals surface area (Å²) in [5.74, 6) is 0.897. The molecule has 4 nitrogen and oxygen atoms in total. The molecule has 0 aliphatic rings. The third-order valence-electron chi connectivity index (χ3n) is 3.53. The molecule has 0 saturated carbocycles. The Morgan fingerprint density at radius 1 is 1.38 bits per heavy atom. The van der Waals surface area contributed by atoms with Crippen molar-refractivity contribution in [3.8, 4) is 5.75 Å². The monoisotopic (exact) mass is 351 g/mol. The first-order valence-electron chi connectivity index (χ1n) is 7.11. The third-order valence-corrected chi connectivity index (χ3v) is 4.03. The van der Waals surface area contributed by atoms with Crippen molar-refractivity contribution in [3.05, 3.63) is 45.7 Å².